The zero-order chi connectivity index (χ0) is 18.6. The van der Waals surface area contributed by atoms with Gasteiger partial charge in [0.25, 0.3) is 0 Å². The van der Waals surface area contributed by atoms with E-state index in [1.54, 1.807) is 12.1 Å². The van der Waals surface area contributed by atoms with Crippen LogP contribution in [0.3, 0.4) is 0 Å². The molecule has 1 aromatic rings. The number of nitrogens with one attached hydrogen (secondary N) is 1. The fraction of sp³-hybridized carbons (Fsp3) is 0.600. The first-order valence-corrected chi connectivity index (χ1v) is 9.40. The van der Waals surface area contributed by atoms with Gasteiger partial charge in [-0.25, -0.2) is 4.39 Å². The van der Waals surface area contributed by atoms with Crippen LogP contribution in [0.2, 0.25) is 0 Å². The van der Waals surface area contributed by atoms with Crippen molar-refractivity contribution in [3.63, 3.8) is 0 Å². The standard InChI is InChI=1S/C20H27FN2O3/c1-3-14(2)22-19(24)20(8-10-25-11-9-20)13-17-12-18(23-26-17)15-4-6-16(21)7-5-15/h4-7,14,17H,3,8-13H2,1-2H3,(H,22,24)/t14-,17+/m0/s1. The van der Waals surface area contributed by atoms with Gasteiger partial charge in [0.05, 0.1) is 11.1 Å². The Bertz CT molecular complexity index is 654. The number of rotatable bonds is 6. The van der Waals surface area contributed by atoms with Gasteiger partial charge in [0.15, 0.2) is 0 Å². The van der Waals surface area contributed by atoms with E-state index in [4.69, 9.17) is 9.57 Å². The molecule has 1 saturated heterocycles. The van der Waals surface area contributed by atoms with Crippen molar-refractivity contribution in [1.82, 2.24) is 5.32 Å². The number of halogens is 1. The molecule has 0 unspecified atom stereocenters. The first-order chi connectivity index (χ1) is 12.5. The van der Waals surface area contributed by atoms with E-state index in [0.29, 0.717) is 38.9 Å². The van der Waals surface area contributed by atoms with Crippen molar-refractivity contribution in [2.75, 3.05) is 13.2 Å². The van der Waals surface area contributed by atoms with E-state index < -0.39 is 5.41 Å². The van der Waals surface area contributed by atoms with Crippen molar-refractivity contribution in [2.24, 2.45) is 10.6 Å². The lowest BCUT2D eigenvalue weighted by Crippen LogP contribution is -2.48. The molecule has 0 radical (unpaired) electrons. The summed E-state index contributed by atoms with van der Waals surface area (Å²) in [5.74, 6) is -0.179. The Morgan fingerprint density at radius 2 is 2.04 bits per heavy atom. The molecule has 1 N–H and O–H groups in total. The fourth-order valence-electron chi connectivity index (χ4n) is 3.55. The first-order valence-electron chi connectivity index (χ1n) is 9.40. The van der Waals surface area contributed by atoms with Crippen LogP contribution >= 0.6 is 0 Å². The number of carbonyl (C=O) groups is 1. The Balaban J connectivity index is 1.66. The zero-order valence-electron chi connectivity index (χ0n) is 15.5. The van der Waals surface area contributed by atoms with Crippen LogP contribution in [0.4, 0.5) is 4.39 Å². The van der Waals surface area contributed by atoms with Gasteiger partial charge in [-0.05, 0) is 43.9 Å². The molecule has 142 valence electrons. The van der Waals surface area contributed by atoms with Gasteiger partial charge in [-0.15, -0.1) is 0 Å². The summed E-state index contributed by atoms with van der Waals surface area (Å²) in [5.41, 5.74) is 1.19. The predicted octanol–water partition coefficient (Wildman–Crippen LogP) is 3.42. The van der Waals surface area contributed by atoms with E-state index in [-0.39, 0.29) is 23.9 Å². The second kappa shape index (κ2) is 8.16. The van der Waals surface area contributed by atoms with Gasteiger partial charge >= 0.3 is 0 Å². The molecule has 0 aromatic heterocycles. The molecular weight excluding hydrogens is 335 g/mol. The van der Waals surface area contributed by atoms with Gasteiger partial charge < -0.3 is 14.9 Å². The summed E-state index contributed by atoms with van der Waals surface area (Å²) in [6, 6.07) is 6.41. The molecule has 1 amide bonds. The molecule has 6 heteroatoms. The minimum atomic E-state index is -0.472. The van der Waals surface area contributed by atoms with E-state index in [1.165, 1.54) is 12.1 Å². The Hall–Kier alpha value is -1.95. The maximum atomic E-state index is 13.1. The van der Waals surface area contributed by atoms with Crippen molar-refractivity contribution < 1.29 is 18.8 Å². The minimum absolute atomic E-state index is 0.0917. The van der Waals surface area contributed by atoms with E-state index in [9.17, 15) is 9.18 Å². The molecule has 1 fully saturated rings. The average molecular weight is 362 g/mol. The third kappa shape index (κ3) is 4.23. The quantitative estimate of drug-likeness (QED) is 0.843. The molecule has 2 aliphatic heterocycles. The van der Waals surface area contributed by atoms with Crippen molar-refractivity contribution in [2.45, 2.75) is 58.1 Å². The molecule has 3 rings (SSSR count). The van der Waals surface area contributed by atoms with E-state index in [1.807, 2.05) is 6.92 Å². The molecule has 2 heterocycles. The van der Waals surface area contributed by atoms with Crippen LogP contribution in [0.1, 0.15) is 51.5 Å². The molecular formula is C20H27FN2O3. The molecule has 0 saturated carbocycles. The van der Waals surface area contributed by atoms with Gasteiger partial charge in [-0.3, -0.25) is 4.79 Å². The number of hydrogen-bond donors (Lipinski definition) is 1. The lowest BCUT2D eigenvalue weighted by molar-refractivity contribution is -0.140. The summed E-state index contributed by atoms with van der Waals surface area (Å²) in [6.45, 7) is 5.26. The van der Waals surface area contributed by atoms with Crippen LogP contribution in [-0.2, 0) is 14.4 Å². The highest BCUT2D eigenvalue weighted by Gasteiger charge is 2.43. The van der Waals surface area contributed by atoms with E-state index >= 15 is 0 Å². The number of ether oxygens (including phenoxy) is 1. The SMILES string of the molecule is CC[C@H](C)NC(=O)C1(C[C@H]2CC(c3ccc(F)cc3)=NO2)CCOCC1. The summed E-state index contributed by atoms with van der Waals surface area (Å²) < 4.78 is 18.6. The van der Waals surface area contributed by atoms with Crippen LogP contribution in [-0.4, -0.2) is 37.0 Å². The Labute approximate surface area is 153 Å². The Kier molecular flexibility index (Phi) is 5.91. The number of nitrogens with zero attached hydrogens (tertiary/aromatic N) is 1. The van der Waals surface area contributed by atoms with Gasteiger partial charge in [0.1, 0.15) is 11.9 Å². The second-order valence-corrected chi connectivity index (χ2v) is 7.36. The topological polar surface area (TPSA) is 59.9 Å². The maximum absolute atomic E-state index is 13.1. The fourth-order valence-corrected chi connectivity index (χ4v) is 3.55. The van der Waals surface area contributed by atoms with Crippen LogP contribution in [0.15, 0.2) is 29.4 Å². The molecule has 2 aliphatic rings. The molecule has 0 aliphatic carbocycles. The van der Waals surface area contributed by atoms with Gasteiger partial charge in [-0.2, -0.15) is 0 Å². The molecule has 1 aromatic carbocycles. The van der Waals surface area contributed by atoms with Gasteiger partial charge in [0, 0.05) is 32.1 Å². The maximum Gasteiger partial charge on any atom is 0.226 e. The molecule has 0 spiro atoms. The average Bonchev–Trinajstić information content (AvgIpc) is 3.11. The Morgan fingerprint density at radius 3 is 2.69 bits per heavy atom. The lowest BCUT2D eigenvalue weighted by Gasteiger charge is -2.37. The number of carbonyl (C=O) groups excluding carboxylic acids is 1. The largest absolute Gasteiger partial charge is 0.392 e. The first kappa shape index (κ1) is 18.8. The predicted molar refractivity (Wildman–Crippen MR) is 97.4 cm³/mol. The highest BCUT2D eigenvalue weighted by atomic mass is 19.1. The summed E-state index contributed by atoms with van der Waals surface area (Å²) in [4.78, 5) is 18.6. The number of benzene rings is 1. The van der Waals surface area contributed by atoms with Gasteiger partial charge in [-0.1, -0.05) is 24.2 Å². The lowest BCUT2D eigenvalue weighted by atomic mass is 9.74. The van der Waals surface area contributed by atoms with Crippen LogP contribution in [0.5, 0.6) is 0 Å². The summed E-state index contributed by atoms with van der Waals surface area (Å²) in [6.07, 6.45) is 3.39. The summed E-state index contributed by atoms with van der Waals surface area (Å²) in [7, 11) is 0. The molecule has 0 bridgehead atoms. The van der Waals surface area contributed by atoms with Crippen molar-refractivity contribution in [3.05, 3.63) is 35.6 Å². The highest BCUT2D eigenvalue weighted by molar-refractivity contribution is 6.01. The number of amides is 1. The van der Waals surface area contributed by atoms with E-state index in [2.05, 4.69) is 17.4 Å². The smallest absolute Gasteiger partial charge is 0.226 e. The summed E-state index contributed by atoms with van der Waals surface area (Å²) in [5, 5.41) is 7.32. The molecule has 5 nitrogen and oxygen atoms in total. The van der Waals surface area contributed by atoms with Crippen molar-refractivity contribution in [3.8, 4) is 0 Å². The monoisotopic (exact) mass is 362 g/mol. The van der Waals surface area contributed by atoms with Gasteiger partial charge in [0.2, 0.25) is 5.91 Å². The molecule has 26 heavy (non-hydrogen) atoms. The highest BCUT2D eigenvalue weighted by Crippen LogP contribution is 2.38. The normalized spacial score (nSPS) is 23.0. The van der Waals surface area contributed by atoms with Crippen molar-refractivity contribution >= 4 is 11.6 Å². The second-order valence-electron chi connectivity index (χ2n) is 7.36. The van der Waals surface area contributed by atoms with Crippen LogP contribution in [0.25, 0.3) is 0 Å². The van der Waals surface area contributed by atoms with Crippen LogP contribution in [0, 0.1) is 11.2 Å². The van der Waals surface area contributed by atoms with Crippen molar-refractivity contribution in [1.29, 1.82) is 0 Å². The number of hydrogen-bond acceptors (Lipinski definition) is 4. The number of oxime groups is 1. The zero-order valence-corrected chi connectivity index (χ0v) is 15.5. The van der Waals surface area contributed by atoms with Crippen LogP contribution < -0.4 is 5.32 Å². The summed E-state index contributed by atoms with van der Waals surface area (Å²) >= 11 is 0. The third-order valence-corrected chi connectivity index (χ3v) is 5.45. The third-order valence-electron chi connectivity index (χ3n) is 5.45. The Morgan fingerprint density at radius 1 is 1.35 bits per heavy atom. The minimum Gasteiger partial charge on any atom is -0.392 e. The molecule has 2 atom stereocenters. The van der Waals surface area contributed by atoms with E-state index in [0.717, 1.165) is 17.7 Å².